The van der Waals surface area contributed by atoms with Crippen molar-refractivity contribution in [3.05, 3.63) is 72.2 Å². The first kappa shape index (κ1) is 21.1. The van der Waals surface area contributed by atoms with Crippen molar-refractivity contribution in [2.24, 2.45) is 0 Å². The highest BCUT2D eigenvalue weighted by atomic mass is 16.5. The molecule has 2 aliphatic rings. The average Bonchev–Trinajstić information content (AvgIpc) is 3.38. The molecule has 0 radical (unpaired) electrons. The van der Waals surface area contributed by atoms with Gasteiger partial charge in [-0.2, -0.15) is 0 Å². The van der Waals surface area contributed by atoms with Gasteiger partial charge in [0.2, 0.25) is 0 Å². The number of hydrogen-bond acceptors (Lipinski definition) is 6. The number of anilines is 3. The van der Waals surface area contributed by atoms with Gasteiger partial charge >= 0.3 is 0 Å². The summed E-state index contributed by atoms with van der Waals surface area (Å²) in [7, 11) is 0. The van der Waals surface area contributed by atoms with E-state index in [9.17, 15) is 0 Å². The van der Waals surface area contributed by atoms with Gasteiger partial charge in [-0.15, -0.1) is 0 Å². The van der Waals surface area contributed by atoms with E-state index >= 15 is 0 Å². The van der Waals surface area contributed by atoms with Gasteiger partial charge in [0.25, 0.3) is 0 Å². The molecule has 0 spiro atoms. The van der Waals surface area contributed by atoms with Crippen LogP contribution >= 0.6 is 0 Å². The molecule has 4 aromatic rings. The predicted octanol–water partition coefficient (Wildman–Crippen LogP) is 4.35. The number of ether oxygens (including phenoxy) is 1. The van der Waals surface area contributed by atoms with Gasteiger partial charge in [0.15, 0.2) is 11.5 Å². The molecule has 1 saturated heterocycles. The molecule has 0 aliphatic carbocycles. The van der Waals surface area contributed by atoms with E-state index in [0.29, 0.717) is 0 Å². The predicted molar refractivity (Wildman–Crippen MR) is 136 cm³/mol. The largest absolute Gasteiger partial charge is 0.378 e. The van der Waals surface area contributed by atoms with Crippen molar-refractivity contribution in [2.45, 2.75) is 19.9 Å². The van der Waals surface area contributed by atoms with Gasteiger partial charge in [0.1, 0.15) is 0 Å². The Morgan fingerprint density at radius 2 is 1.85 bits per heavy atom. The first-order valence-electron chi connectivity index (χ1n) is 12.1. The second kappa shape index (κ2) is 9.08. The fourth-order valence-electron chi connectivity index (χ4n) is 4.91. The number of hydrogen-bond donors (Lipinski definition) is 1. The molecule has 4 heterocycles. The van der Waals surface area contributed by atoms with Gasteiger partial charge in [-0.3, -0.25) is 4.90 Å². The quantitative estimate of drug-likeness (QED) is 0.484. The van der Waals surface area contributed by atoms with Crippen LogP contribution in [0.15, 0.2) is 61.1 Å². The Balaban J connectivity index is 1.29. The minimum Gasteiger partial charge on any atom is -0.378 e. The third-order valence-corrected chi connectivity index (χ3v) is 6.92. The summed E-state index contributed by atoms with van der Waals surface area (Å²) in [5.41, 5.74) is 7.98. The summed E-state index contributed by atoms with van der Waals surface area (Å²) in [6, 6.07) is 15.3. The molecule has 7 nitrogen and oxygen atoms in total. The number of rotatable bonds is 5. The fourth-order valence-corrected chi connectivity index (χ4v) is 4.91. The smallest absolute Gasteiger partial charge is 0.180 e. The number of fused-ring (bicyclic) bond motifs is 2. The SMILES string of the molecule is CCN1CCc2cc(-c3cn4ccnc4c(Nc4ccc(N5CCOCC5)cc4)n3)ccc2C1. The summed E-state index contributed by atoms with van der Waals surface area (Å²) >= 11 is 0. The molecule has 2 aromatic heterocycles. The first-order chi connectivity index (χ1) is 16.8. The molecule has 6 rings (SSSR count). The van der Waals surface area contributed by atoms with E-state index in [4.69, 9.17) is 9.72 Å². The Morgan fingerprint density at radius 3 is 2.68 bits per heavy atom. The highest BCUT2D eigenvalue weighted by Gasteiger charge is 2.17. The van der Waals surface area contributed by atoms with Crippen LogP contribution in [0.25, 0.3) is 16.9 Å². The van der Waals surface area contributed by atoms with Crippen LogP contribution in [0.4, 0.5) is 17.2 Å². The molecule has 7 heteroatoms. The number of nitrogens with zero attached hydrogens (tertiary/aromatic N) is 5. The molecule has 1 fully saturated rings. The lowest BCUT2D eigenvalue weighted by Crippen LogP contribution is -2.36. The standard InChI is InChI=1S/C27H30N6O/c1-2-31-11-9-20-17-21(3-4-22(20)18-31)25-19-33-12-10-28-27(33)26(30-25)29-23-5-7-24(8-6-23)32-13-15-34-16-14-32/h3-8,10,12,17,19H,2,9,11,13-16,18H2,1H3,(H,29,30). The van der Waals surface area contributed by atoms with Crippen LogP contribution in [0.1, 0.15) is 18.1 Å². The third kappa shape index (κ3) is 4.13. The maximum absolute atomic E-state index is 5.47. The minimum absolute atomic E-state index is 0.761. The number of nitrogens with one attached hydrogen (secondary N) is 1. The van der Waals surface area contributed by atoms with Gasteiger partial charge in [-0.25, -0.2) is 9.97 Å². The Kier molecular flexibility index (Phi) is 5.65. The van der Waals surface area contributed by atoms with Crippen LogP contribution in [0.3, 0.4) is 0 Å². The van der Waals surface area contributed by atoms with Gasteiger partial charge in [-0.1, -0.05) is 19.1 Å². The molecule has 0 bridgehead atoms. The Labute approximate surface area is 200 Å². The van der Waals surface area contributed by atoms with E-state index in [-0.39, 0.29) is 0 Å². The number of likely N-dealkylation sites (N-methyl/N-ethyl adjacent to an activating group) is 1. The van der Waals surface area contributed by atoms with Gasteiger partial charge in [0, 0.05) is 61.7 Å². The van der Waals surface area contributed by atoms with E-state index in [1.54, 1.807) is 0 Å². The lowest BCUT2D eigenvalue weighted by Gasteiger charge is -2.29. The highest BCUT2D eigenvalue weighted by Crippen LogP contribution is 2.29. The molecule has 174 valence electrons. The Hall–Kier alpha value is -3.42. The van der Waals surface area contributed by atoms with Crippen molar-refractivity contribution in [3.63, 3.8) is 0 Å². The number of imidazole rings is 1. The second-order valence-electron chi connectivity index (χ2n) is 9.01. The lowest BCUT2D eigenvalue weighted by molar-refractivity contribution is 0.122. The summed E-state index contributed by atoms with van der Waals surface area (Å²) in [5, 5.41) is 3.50. The molecule has 2 aliphatic heterocycles. The van der Waals surface area contributed by atoms with Gasteiger partial charge in [0.05, 0.1) is 18.9 Å². The van der Waals surface area contributed by atoms with E-state index in [0.717, 1.165) is 80.8 Å². The van der Waals surface area contributed by atoms with Crippen molar-refractivity contribution in [1.29, 1.82) is 0 Å². The van der Waals surface area contributed by atoms with Gasteiger partial charge in [-0.05, 0) is 54.4 Å². The molecular weight excluding hydrogens is 424 g/mol. The zero-order valence-corrected chi connectivity index (χ0v) is 19.6. The van der Waals surface area contributed by atoms with E-state index in [1.807, 2.05) is 16.8 Å². The molecule has 34 heavy (non-hydrogen) atoms. The second-order valence-corrected chi connectivity index (χ2v) is 9.01. The highest BCUT2D eigenvalue weighted by molar-refractivity contribution is 5.74. The Morgan fingerprint density at radius 1 is 1.00 bits per heavy atom. The fraction of sp³-hybridized carbons (Fsp3) is 0.333. The molecule has 0 saturated carbocycles. The first-order valence-corrected chi connectivity index (χ1v) is 12.1. The molecule has 0 atom stereocenters. The van der Waals surface area contributed by atoms with E-state index < -0.39 is 0 Å². The molecule has 2 aromatic carbocycles. The average molecular weight is 455 g/mol. The lowest BCUT2D eigenvalue weighted by atomic mass is 9.96. The normalized spacial score (nSPS) is 16.6. The van der Waals surface area contributed by atoms with Crippen LogP contribution in [0, 0.1) is 0 Å². The summed E-state index contributed by atoms with van der Waals surface area (Å²) < 4.78 is 7.52. The summed E-state index contributed by atoms with van der Waals surface area (Å²) in [6.07, 6.45) is 6.95. The van der Waals surface area contributed by atoms with Crippen molar-refractivity contribution in [2.75, 3.05) is 49.6 Å². The minimum atomic E-state index is 0.761. The van der Waals surface area contributed by atoms with Crippen LogP contribution in [0.5, 0.6) is 0 Å². The zero-order valence-electron chi connectivity index (χ0n) is 19.6. The molecule has 0 unspecified atom stereocenters. The zero-order chi connectivity index (χ0) is 22.9. The van der Waals surface area contributed by atoms with Crippen molar-refractivity contribution >= 4 is 22.8 Å². The number of aromatic nitrogens is 3. The summed E-state index contributed by atoms with van der Waals surface area (Å²) in [5.74, 6) is 0.761. The third-order valence-electron chi connectivity index (χ3n) is 6.92. The molecule has 0 amide bonds. The van der Waals surface area contributed by atoms with E-state index in [2.05, 4.69) is 75.7 Å². The molecular formula is C27H30N6O. The monoisotopic (exact) mass is 454 g/mol. The van der Waals surface area contributed by atoms with Crippen molar-refractivity contribution < 1.29 is 4.74 Å². The summed E-state index contributed by atoms with van der Waals surface area (Å²) in [6.45, 7) is 8.92. The van der Waals surface area contributed by atoms with Crippen LogP contribution < -0.4 is 10.2 Å². The van der Waals surface area contributed by atoms with E-state index in [1.165, 1.54) is 16.8 Å². The van der Waals surface area contributed by atoms with Gasteiger partial charge < -0.3 is 19.4 Å². The summed E-state index contributed by atoms with van der Waals surface area (Å²) in [4.78, 5) is 14.4. The number of benzene rings is 2. The maximum atomic E-state index is 5.47. The van der Waals surface area contributed by atoms with Crippen molar-refractivity contribution in [1.82, 2.24) is 19.3 Å². The Bertz CT molecular complexity index is 1290. The van der Waals surface area contributed by atoms with Crippen LogP contribution in [-0.4, -0.2) is 58.7 Å². The van der Waals surface area contributed by atoms with Crippen molar-refractivity contribution in [3.8, 4) is 11.3 Å². The van der Waals surface area contributed by atoms with Crippen LogP contribution in [0.2, 0.25) is 0 Å². The number of morpholine rings is 1. The maximum Gasteiger partial charge on any atom is 0.180 e. The topological polar surface area (TPSA) is 57.9 Å². The molecule has 1 N–H and O–H groups in total. The van der Waals surface area contributed by atoms with Crippen LogP contribution in [-0.2, 0) is 17.7 Å².